The number of non-ortho nitro benzene ring substituents is 1. The highest BCUT2D eigenvalue weighted by Crippen LogP contribution is 2.21. The first-order valence-corrected chi connectivity index (χ1v) is 8.40. The molecule has 1 amide bonds. The fourth-order valence-corrected chi connectivity index (χ4v) is 2.96. The van der Waals surface area contributed by atoms with Gasteiger partial charge in [-0.1, -0.05) is 24.4 Å². The number of nitro benzene ring substituents is 1. The molecular weight excluding hydrogens is 318 g/mol. The van der Waals surface area contributed by atoms with Crippen LogP contribution in [-0.2, 0) is 0 Å². The van der Waals surface area contributed by atoms with E-state index in [1.807, 2.05) is 0 Å². The molecule has 7 heteroatoms. The number of carbonyl (C=O) groups excluding carboxylic acids is 1. The summed E-state index contributed by atoms with van der Waals surface area (Å²) in [6.45, 7) is 3.76. The van der Waals surface area contributed by atoms with E-state index in [9.17, 15) is 14.9 Å². The summed E-state index contributed by atoms with van der Waals surface area (Å²) in [4.78, 5) is 24.8. The number of amides is 1. The second-order valence-corrected chi connectivity index (χ2v) is 6.19. The van der Waals surface area contributed by atoms with Gasteiger partial charge in [0.1, 0.15) is 0 Å². The zero-order valence-corrected chi connectivity index (χ0v) is 13.8. The smallest absolute Gasteiger partial charge is 0.270 e. The molecule has 1 aromatic carbocycles. The number of hydrogen-bond donors (Lipinski definition) is 1. The van der Waals surface area contributed by atoms with Crippen molar-refractivity contribution in [3.63, 3.8) is 0 Å². The number of benzene rings is 1. The van der Waals surface area contributed by atoms with Crippen LogP contribution in [0.5, 0.6) is 0 Å². The lowest BCUT2D eigenvalue weighted by molar-refractivity contribution is -0.384. The van der Waals surface area contributed by atoms with Gasteiger partial charge in [0.05, 0.1) is 15.5 Å². The van der Waals surface area contributed by atoms with Crippen molar-refractivity contribution in [2.45, 2.75) is 32.1 Å². The van der Waals surface area contributed by atoms with Crippen LogP contribution in [0.3, 0.4) is 0 Å². The van der Waals surface area contributed by atoms with E-state index in [0.29, 0.717) is 6.54 Å². The lowest BCUT2D eigenvalue weighted by Crippen LogP contribution is -2.30. The van der Waals surface area contributed by atoms with Gasteiger partial charge in [-0.15, -0.1) is 0 Å². The minimum Gasteiger partial charge on any atom is -0.352 e. The maximum atomic E-state index is 12.1. The van der Waals surface area contributed by atoms with Crippen molar-refractivity contribution in [2.24, 2.45) is 0 Å². The van der Waals surface area contributed by atoms with Gasteiger partial charge in [0.2, 0.25) is 0 Å². The third kappa shape index (κ3) is 5.48. The van der Waals surface area contributed by atoms with Gasteiger partial charge in [-0.05, 0) is 45.0 Å². The van der Waals surface area contributed by atoms with Gasteiger partial charge >= 0.3 is 0 Å². The fraction of sp³-hybridized carbons (Fsp3) is 0.562. The number of hydrogen-bond acceptors (Lipinski definition) is 4. The number of nitro groups is 1. The number of nitrogens with zero attached hydrogens (tertiary/aromatic N) is 2. The Morgan fingerprint density at radius 2 is 1.96 bits per heavy atom. The Bertz CT molecular complexity index is 558. The van der Waals surface area contributed by atoms with Crippen molar-refractivity contribution in [3.8, 4) is 0 Å². The first kappa shape index (κ1) is 17.7. The molecule has 0 atom stereocenters. The van der Waals surface area contributed by atoms with Crippen LogP contribution >= 0.6 is 11.6 Å². The summed E-state index contributed by atoms with van der Waals surface area (Å²) in [5.41, 5.74) is 0.0137. The van der Waals surface area contributed by atoms with Crippen LogP contribution in [-0.4, -0.2) is 41.9 Å². The summed E-state index contributed by atoms with van der Waals surface area (Å²) in [7, 11) is 0. The van der Waals surface area contributed by atoms with Crippen molar-refractivity contribution >= 4 is 23.2 Å². The monoisotopic (exact) mass is 339 g/mol. The number of nitrogens with one attached hydrogen (secondary N) is 1. The minimum atomic E-state index is -0.535. The summed E-state index contributed by atoms with van der Waals surface area (Å²) in [6.07, 6.45) is 5.96. The molecule has 0 unspecified atom stereocenters. The van der Waals surface area contributed by atoms with Crippen molar-refractivity contribution < 1.29 is 9.72 Å². The SMILES string of the molecule is O=C(NCCCN1CCCCCC1)c1cc([N+](=O)[O-])ccc1Cl. The first-order chi connectivity index (χ1) is 11.1. The average molecular weight is 340 g/mol. The summed E-state index contributed by atoms with van der Waals surface area (Å²) >= 11 is 5.96. The lowest BCUT2D eigenvalue weighted by Gasteiger charge is -2.19. The number of rotatable bonds is 6. The topological polar surface area (TPSA) is 75.5 Å². The van der Waals surface area contributed by atoms with E-state index in [0.717, 1.165) is 26.1 Å². The van der Waals surface area contributed by atoms with Crippen LogP contribution in [0.1, 0.15) is 42.5 Å². The average Bonchev–Trinajstić information content (AvgIpc) is 2.80. The van der Waals surface area contributed by atoms with E-state index < -0.39 is 4.92 Å². The normalized spacial score (nSPS) is 15.9. The predicted octanol–water partition coefficient (Wildman–Crippen LogP) is 3.24. The maximum Gasteiger partial charge on any atom is 0.270 e. The second-order valence-electron chi connectivity index (χ2n) is 5.79. The van der Waals surface area contributed by atoms with E-state index in [1.165, 1.54) is 43.9 Å². The van der Waals surface area contributed by atoms with Gasteiger partial charge in [-0.2, -0.15) is 0 Å². The molecule has 0 saturated carbocycles. The highest BCUT2D eigenvalue weighted by atomic mass is 35.5. The molecule has 0 aromatic heterocycles. The van der Waals surface area contributed by atoms with Crippen molar-refractivity contribution in [3.05, 3.63) is 38.9 Å². The molecule has 1 fully saturated rings. The predicted molar refractivity (Wildman–Crippen MR) is 90.0 cm³/mol. The van der Waals surface area contributed by atoms with Gasteiger partial charge in [-0.3, -0.25) is 14.9 Å². The van der Waals surface area contributed by atoms with Gasteiger partial charge in [-0.25, -0.2) is 0 Å². The van der Waals surface area contributed by atoms with Crippen molar-refractivity contribution in [1.29, 1.82) is 0 Å². The largest absolute Gasteiger partial charge is 0.352 e. The zero-order valence-electron chi connectivity index (χ0n) is 13.1. The maximum absolute atomic E-state index is 12.1. The molecule has 6 nitrogen and oxygen atoms in total. The molecule has 2 rings (SSSR count). The minimum absolute atomic E-state index is 0.135. The van der Waals surface area contributed by atoms with E-state index in [-0.39, 0.29) is 22.2 Å². The van der Waals surface area contributed by atoms with Crippen LogP contribution in [0.25, 0.3) is 0 Å². The van der Waals surface area contributed by atoms with Crippen LogP contribution in [0.4, 0.5) is 5.69 Å². The molecule has 1 aliphatic heterocycles. The van der Waals surface area contributed by atoms with Crippen LogP contribution < -0.4 is 5.32 Å². The molecule has 1 heterocycles. The molecule has 1 aliphatic rings. The van der Waals surface area contributed by atoms with Crippen LogP contribution in [0.15, 0.2) is 18.2 Å². The number of halogens is 1. The molecule has 0 radical (unpaired) electrons. The molecule has 0 aliphatic carbocycles. The number of carbonyl (C=O) groups is 1. The Kier molecular flexibility index (Phi) is 6.80. The van der Waals surface area contributed by atoms with E-state index in [1.54, 1.807) is 0 Å². The Labute approximate surface area is 141 Å². The molecule has 126 valence electrons. The van der Waals surface area contributed by atoms with Gasteiger partial charge in [0.15, 0.2) is 0 Å². The van der Waals surface area contributed by atoms with Crippen molar-refractivity contribution in [2.75, 3.05) is 26.2 Å². The van der Waals surface area contributed by atoms with Crippen LogP contribution in [0.2, 0.25) is 5.02 Å². The van der Waals surface area contributed by atoms with E-state index in [4.69, 9.17) is 11.6 Å². The quantitative estimate of drug-likeness (QED) is 0.490. The number of likely N-dealkylation sites (tertiary alicyclic amines) is 1. The van der Waals surface area contributed by atoms with Gasteiger partial charge in [0, 0.05) is 18.7 Å². The molecular formula is C16H22ClN3O3. The third-order valence-corrected chi connectivity index (χ3v) is 4.37. The summed E-state index contributed by atoms with van der Waals surface area (Å²) in [6, 6.07) is 3.89. The first-order valence-electron chi connectivity index (χ1n) is 8.02. The Morgan fingerprint density at radius 3 is 2.61 bits per heavy atom. The summed E-state index contributed by atoms with van der Waals surface area (Å²) in [5.74, 6) is -0.366. The molecule has 1 N–H and O–H groups in total. The van der Waals surface area contributed by atoms with Crippen molar-refractivity contribution in [1.82, 2.24) is 10.2 Å². The Balaban J connectivity index is 1.80. The highest BCUT2D eigenvalue weighted by Gasteiger charge is 2.15. The second kappa shape index (κ2) is 8.84. The molecule has 1 saturated heterocycles. The lowest BCUT2D eigenvalue weighted by atomic mass is 10.2. The molecule has 0 bridgehead atoms. The Hall–Kier alpha value is -1.66. The fourth-order valence-electron chi connectivity index (χ4n) is 2.76. The van der Waals surface area contributed by atoms with Gasteiger partial charge < -0.3 is 10.2 Å². The Morgan fingerprint density at radius 1 is 1.26 bits per heavy atom. The molecule has 0 spiro atoms. The van der Waals surface area contributed by atoms with E-state index >= 15 is 0 Å². The summed E-state index contributed by atoms with van der Waals surface area (Å²) in [5, 5.41) is 13.8. The zero-order chi connectivity index (χ0) is 16.7. The molecule has 23 heavy (non-hydrogen) atoms. The van der Waals surface area contributed by atoms with Gasteiger partial charge in [0.25, 0.3) is 11.6 Å². The summed E-state index contributed by atoms with van der Waals surface area (Å²) < 4.78 is 0. The van der Waals surface area contributed by atoms with E-state index in [2.05, 4.69) is 10.2 Å². The standard InChI is InChI=1S/C16H22ClN3O3/c17-15-7-6-13(20(22)23)12-14(15)16(21)18-8-5-11-19-9-3-1-2-4-10-19/h6-7,12H,1-5,8-11H2,(H,18,21). The highest BCUT2D eigenvalue weighted by molar-refractivity contribution is 6.33. The third-order valence-electron chi connectivity index (χ3n) is 4.04. The molecule has 1 aromatic rings. The van der Waals surface area contributed by atoms with Crippen LogP contribution in [0, 0.1) is 10.1 Å².